The third-order valence-corrected chi connectivity index (χ3v) is 3.04. The van der Waals surface area contributed by atoms with Crippen molar-refractivity contribution in [2.45, 2.75) is 39.4 Å². The highest BCUT2D eigenvalue weighted by Crippen LogP contribution is 2.15. The first-order valence-corrected chi connectivity index (χ1v) is 7.28. The highest BCUT2D eigenvalue weighted by molar-refractivity contribution is 7.10. The molecule has 0 unspecified atom stereocenters. The molecule has 3 nitrogen and oxygen atoms in total. The Kier molecular flexibility index (Phi) is 7.11. The molecule has 106 valence electrons. The number of hydrogen-bond donors (Lipinski definition) is 1. The zero-order valence-electron chi connectivity index (χ0n) is 11.9. The van der Waals surface area contributed by atoms with Crippen molar-refractivity contribution in [2.75, 3.05) is 19.8 Å². The van der Waals surface area contributed by atoms with Crippen LogP contribution in [0.25, 0.3) is 0 Å². The second kappa shape index (κ2) is 8.34. The van der Waals surface area contributed by atoms with E-state index in [9.17, 15) is 0 Å². The van der Waals surface area contributed by atoms with Gasteiger partial charge in [-0.1, -0.05) is 11.8 Å². The largest absolute Gasteiger partial charge is 0.395 e. The molecule has 1 rings (SSSR count). The van der Waals surface area contributed by atoms with Gasteiger partial charge in [0.2, 0.25) is 0 Å². The molecule has 0 aliphatic carbocycles. The van der Waals surface area contributed by atoms with Crippen LogP contribution in [0.2, 0.25) is 0 Å². The Hall–Kier alpha value is -0.860. The molecule has 0 fully saturated rings. The van der Waals surface area contributed by atoms with Gasteiger partial charge in [0.1, 0.15) is 0 Å². The lowest BCUT2D eigenvalue weighted by Crippen LogP contribution is -2.21. The number of thiophene rings is 1. The molecule has 0 amide bonds. The minimum Gasteiger partial charge on any atom is -0.395 e. The highest BCUT2D eigenvalue weighted by atomic mass is 32.1. The van der Waals surface area contributed by atoms with Crippen LogP contribution in [0, 0.1) is 11.8 Å². The Balaban J connectivity index is 2.22. The number of aliphatic hydroxyl groups is 1. The van der Waals surface area contributed by atoms with Crippen LogP contribution in [-0.4, -0.2) is 30.5 Å². The van der Waals surface area contributed by atoms with Crippen molar-refractivity contribution in [3.05, 3.63) is 21.9 Å². The molecule has 0 radical (unpaired) electrons. The maximum Gasteiger partial charge on any atom is 0.0810 e. The van der Waals surface area contributed by atoms with E-state index in [0.29, 0.717) is 26.2 Å². The molecule has 0 spiro atoms. The standard InChI is InChI=1S/C15H22O3S/c1-15(2,3)18-9-8-17-11-14-10-13(12-19-14)6-4-5-7-16/h10,12,16H,5,7-9,11H2,1-3H3. The summed E-state index contributed by atoms with van der Waals surface area (Å²) in [5.74, 6) is 5.91. The molecule has 1 aromatic heterocycles. The maximum atomic E-state index is 8.64. The third kappa shape index (κ3) is 8.02. The Morgan fingerprint density at radius 1 is 1.32 bits per heavy atom. The topological polar surface area (TPSA) is 38.7 Å². The molecule has 1 N–H and O–H groups in total. The summed E-state index contributed by atoms with van der Waals surface area (Å²) in [6, 6.07) is 2.03. The van der Waals surface area contributed by atoms with E-state index in [4.69, 9.17) is 14.6 Å². The van der Waals surface area contributed by atoms with Crippen molar-refractivity contribution in [1.82, 2.24) is 0 Å². The molecule has 0 saturated heterocycles. The quantitative estimate of drug-likeness (QED) is 0.644. The second-order valence-electron chi connectivity index (χ2n) is 5.09. The Morgan fingerprint density at radius 2 is 2.11 bits per heavy atom. The van der Waals surface area contributed by atoms with Gasteiger partial charge in [0.25, 0.3) is 0 Å². The SMILES string of the molecule is CC(C)(C)OCCOCc1cc(C#CCCO)cs1. The van der Waals surface area contributed by atoms with Crippen LogP contribution >= 0.6 is 11.3 Å². The first-order chi connectivity index (χ1) is 9.01. The summed E-state index contributed by atoms with van der Waals surface area (Å²) >= 11 is 1.64. The van der Waals surface area contributed by atoms with E-state index in [2.05, 4.69) is 11.8 Å². The van der Waals surface area contributed by atoms with Gasteiger partial charge in [0.05, 0.1) is 32.0 Å². The van der Waals surface area contributed by atoms with Crippen molar-refractivity contribution in [1.29, 1.82) is 0 Å². The summed E-state index contributed by atoms with van der Waals surface area (Å²) in [5, 5.41) is 10.7. The molecule has 1 aromatic rings. The average Bonchev–Trinajstić information content (AvgIpc) is 2.75. The van der Waals surface area contributed by atoms with E-state index in [-0.39, 0.29) is 12.2 Å². The molecule has 0 atom stereocenters. The predicted molar refractivity (Wildman–Crippen MR) is 78.3 cm³/mol. The average molecular weight is 282 g/mol. The molecular weight excluding hydrogens is 260 g/mol. The third-order valence-electron chi connectivity index (χ3n) is 2.13. The summed E-state index contributed by atoms with van der Waals surface area (Å²) < 4.78 is 11.1. The Labute approximate surface area is 119 Å². The lowest BCUT2D eigenvalue weighted by molar-refractivity contribution is -0.0373. The molecule has 0 aliphatic heterocycles. The summed E-state index contributed by atoms with van der Waals surface area (Å²) in [5.41, 5.74) is 0.880. The van der Waals surface area contributed by atoms with E-state index in [0.717, 1.165) is 10.4 Å². The van der Waals surface area contributed by atoms with Crippen LogP contribution in [0.15, 0.2) is 11.4 Å². The lowest BCUT2D eigenvalue weighted by Gasteiger charge is -2.19. The van der Waals surface area contributed by atoms with Crippen LogP contribution in [-0.2, 0) is 16.1 Å². The van der Waals surface area contributed by atoms with E-state index < -0.39 is 0 Å². The molecule has 0 aliphatic rings. The molecular formula is C15H22O3S. The van der Waals surface area contributed by atoms with Crippen LogP contribution in [0.1, 0.15) is 37.6 Å². The maximum absolute atomic E-state index is 8.64. The first kappa shape index (κ1) is 16.2. The van der Waals surface area contributed by atoms with Gasteiger partial charge in [0.15, 0.2) is 0 Å². The number of rotatable bonds is 6. The van der Waals surface area contributed by atoms with Gasteiger partial charge in [-0.15, -0.1) is 11.3 Å². The zero-order valence-corrected chi connectivity index (χ0v) is 12.7. The van der Waals surface area contributed by atoms with Gasteiger partial charge < -0.3 is 14.6 Å². The van der Waals surface area contributed by atoms with Gasteiger partial charge in [-0.05, 0) is 26.8 Å². The van der Waals surface area contributed by atoms with Crippen LogP contribution < -0.4 is 0 Å². The summed E-state index contributed by atoms with van der Waals surface area (Å²) in [4.78, 5) is 1.16. The monoisotopic (exact) mass is 282 g/mol. The summed E-state index contributed by atoms with van der Waals surface area (Å²) in [6.45, 7) is 8.01. The van der Waals surface area contributed by atoms with Gasteiger partial charge in [-0.3, -0.25) is 0 Å². The highest BCUT2D eigenvalue weighted by Gasteiger charge is 2.09. The molecule has 0 bridgehead atoms. The minimum atomic E-state index is -0.109. The van der Waals surface area contributed by atoms with Gasteiger partial charge >= 0.3 is 0 Å². The fourth-order valence-electron chi connectivity index (χ4n) is 1.32. The van der Waals surface area contributed by atoms with Crippen molar-refractivity contribution in [2.24, 2.45) is 0 Å². The zero-order chi connectivity index (χ0) is 14.1. The van der Waals surface area contributed by atoms with Crippen molar-refractivity contribution >= 4 is 11.3 Å². The molecule has 19 heavy (non-hydrogen) atoms. The van der Waals surface area contributed by atoms with Gasteiger partial charge in [0, 0.05) is 22.2 Å². The second-order valence-corrected chi connectivity index (χ2v) is 6.09. The van der Waals surface area contributed by atoms with Crippen molar-refractivity contribution in [3.8, 4) is 11.8 Å². The fraction of sp³-hybridized carbons (Fsp3) is 0.600. The van der Waals surface area contributed by atoms with Crippen LogP contribution in [0.4, 0.5) is 0 Å². The van der Waals surface area contributed by atoms with E-state index in [1.807, 2.05) is 32.2 Å². The number of ether oxygens (including phenoxy) is 2. The first-order valence-electron chi connectivity index (χ1n) is 6.40. The van der Waals surface area contributed by atoms with Gasteiger partial charge in [-0.25, -0.2) is 0 Å². The van der Waals surface area contributed by atoms with Crippen LogP contribution in [0.5, 0.6) is 0 Å². The summed E-state index contributed by atoms with van der Waals surface area (Å²) in [7, 11) is 0. The lowest BCUT2D eigenvalue weighted by atomic mass is 10.2. The normalized spacial score (nSPS) is 11.2. The Morgan fingerprint density at radius 3 is 2.79 bits per heavy atom. The fourth-order valence-corrected chi connectivity index (χ4v) is 2.07. The van der Waals surface area contributed by atoms with Crippen molar-refractivity contribution < 1.29 is 14.6 Å². The molecule has 0 aromatic carbocycles. The smallest absolute Gasteiger partial charge is 0.0810 e. The Bertz CT molecular complexity index is 421. The van der Waals surface area contributed by atoms with Crippen LogP contribution in [0.3, 0.4) is 0 Å². The van der Waals surface area contributed by atoms with Gasteiger partial charge in [-0.2, -0.15) is 0 Å². The molecule has 1 heterocycles. The van der Waals surface area contributed by atoms with E-state index >= 15 is 0 Å². The van der Waals surface area contributed by atoms with E-state index in [1.165, 1.54) is 0 Å². The minimum absolute atomic E-state index is 0.109. The van der Waals surface area contributed by atoms with E-state index in [1.54, 1.807) is 11.3 Å². The number of aliphatic hydroxyl groups excluding tert-OH is 1. The number of hydrogen-bond acceptors (Lipinski definition) is 4. The summed E-state index contributed by atoms with van der Waals surface area (Å²) in [6.07, 6.45) is 0.520. The molecule has 4 heteroatoms. The van der Waals surface area contributed by atoms with Crippen molar-refractivity contribution in [3.63, 3.8) is 0 Å². The predicted octanol–water partition coefficient (Wildman–Crippen LogP) is 2.81. The molecule has 0 saturated carbocycles.